The SMILES string of the molecule is CC(C)[C@H](NC(=O)[C@@H]1CCCCC[C@@H]1NC(=O)OCC1c2ccccc2-c2ccccc21)C(=O)O. The third kappa shape index (κ3) is 5.50. The molecule has 0 heterocycles. The number of hydrogen-bond donors (Lipinski definition) is 3. The van der Waals surface area contributed by atoms with Gasteiger partial charge in [0.1, 0.15) is 12.6 Å². The third-order valence-corrected chi connectivity index (χ3v) is 7.23. The van der Waals surface area contributed by atoms with Crippen LogP contribution in [0.1, 0.15) is 63.0 Å². The molecule has 0 bridgehead atoms. The summed E-state index contributed by atoms with van der Waals surface area (Å²) in [6, 6.07) is 15.0. The molecule has 0 radical (unpaired) electrons. The number of carbonyl (C=O) groups excluding carboxylic acids is 2. The molecular weight excluding hydrogens is 444 g/mol. The van der Waals surface area contributed by atoms with Crippen molar-refractivity contribution in [2.45, 2.75) is 64.0 Å². The molecule has 0 spiro atoms. The van der Waals surface area contributed by atoms with Crippen molar-refractivity contribution < 1.29 is 24.2 Å². The summed E-state index contributed by atoms with van der Waals surface area (Å²) in [6.45, 7) is 3.73. The molecule has 35 heavy (non-hydrogen) atoms. The number of carboxylic acids is 1. The smallest absolute Gasteiger partial charge is 0.407 e. The topological polar surface area (TPSA) is 105 Å². The van der Waals surface area contributed by atoms with Crippen molar-refractivity contribution in [1.82, 2.24) is 10.6 Å². The molecule has 2 aliphatic carbocycles. The minimum atomic E-state index is -1.05. The van der Waals surface area contributed by atoms with Gasteiger partial charge in [0.25, 0.3) is 0 Å². The van der Waals surface area contributed by atoms with Gasteiger partial charge in [-0.3, -0.25) is 4.79 Å². The molecule has 3 atom stereocenters. The van der Waals surface area contributed by atoms with Gasteiger partial charge in [-0.25, -0.2) is 9.59 Å². The molecule has 186 valence electrons. The van der Waals surface area contributed by atoms with E-state index in [1.165, 1.54) is 0 Å². The van der Waals surface area contributed by atoms with Gasteiger partial charge in [0, 0.05) is 12.0 Å². The second-order valence-corrected chi connectivity index (χ2v) is 9.89. The molecule has 2 aromatic carbocycles. The number of nitrogens with one attached hydrogen (secondary N) is 2. The maximum atomic E-state index is 13.0. The van der Waals surface area contributed by atoms with Gasteiger partial charge in [-0.05, 0) is 41.0 Å². The van der Waals surface area contributed by atoms with E-state index >= 15 is 0 Å². The van der Waals surface area contributed by atoms with Crippen LogP contribution in [-0.2, 0) is 14.3 Å². The van der Waals surface area contributed by atoms with Crippen LogP contribution in [0, 0.1) is 11.8 Å². The lowest BCUT2D eigenvalue weighted by Gasteiger charge is -2.27. The number of aliphatic carboxylic acids is 1. The van der Waals surface area contributed by atoms with E-state index in [1.54, 1.807) is 13.8 Å². The molecule has 3 N–H and O–H groups in total. The van der Waals surface area contributed by atoms with Crippen molar-refractivity contribution in [3.8, 4) is 11.1 Å². The highest BCUT2D eigenvalue weighted by Crippen LogP contribution is 2.44. The van der Waals surface area contributed by atoms with Gasteiger partial charge in [0.05, 0.1) is 5.92 Å². The molecule has 7 heteroatoms. The van der Waals surface area contributed by atoms with E-state index in [-0.39, 0.29) is 24.3 Å². The predicted molar refractivity (Wildman–Crippen MR) is 133 cm³/mol. The zero-order valence-corrected chi connectivity index (χ0v) is 20.3. The fourth-order valence-corrected chi connectivity index (χ4v) is 5.36. The van der Waals surface area contributed by atoms with Crippen LogP contribution in [-0.4, -0.2) is 41.8 Å². The Kier molecular flexibility index (Phi) is 7.73. The van der Waals surface area contributed by atoms with Crippen LogP contribution in [0.25, 0.3) is 11.1 Å². The molecule has 2 aromatic rings. The van der Waals surface area contributed by atoms with E-state index in [0.29, 0.717) is 12.8 Å². The average molecular weight is 479 g/mol. The van der Waals surface area contributed by atoms with Crippen molar-refractivity contribution in [2.75, 3.05) is 6.61 Å². The molecular formula is C28H34N2O5. The first-order valence-corrected chi connectivity index (χ1v) is 12.5. The molecule has 4 rings (SSSR count). The van der Waals surface area contributed by atoms with Crippen molar-refractivity contribution in [3.63, 3.8) is 0 Å². The Morgan fingerprint density at radius 3 is 2.14 bits per heavy atom. The molecule has 0 unspecified atom stereocenters. The minimum Gasteiger partial charge on any atom is -0.480 e. The highest BCUT2D eigenvalue weighted by molar-refractivity contribution is 5.86. The van der Waals surface area contributed by atoms with E-state index in [4.69, 9.17) is 4.74 Å². The van der Waals surface area contributed by atoms with Gasteiger partial charge in [-0.15, -0.1) is 0 Å². The minimum absolute atomic E-state index is 0.0382. The van der Waals surface area contributed by atoms with Gasteiger partial charge in [0.15, 0.2) is 0 Å². The first-order valence-electron chi connectivity index (χ1n) is 12.5. The van der Waals surface area contributed by atoms with Crippen molar-refractivity contribution in [2.24, 2.45) is 11.8 Å². The Bertz CT molecular complexity index is 1040. The first-order chi connectivity index (χ1) is 16.9. The van der Waals surface area contributed by atoms with Gasteiger partial charge >= 0.3 is 12.1 Å². The molecule has 2 amide bonds. The number of fused-ring (bicyclic) bond motifs is 3. The van der Waals surface area contributed by atoms with E-state index in [2.05, 4.69) is 34.9 Å². The number of amides is 2. The van der Waals surface area contributed by atoms with Crippen molar-refractivity contribution in [3.05, 3.63) is 59.7 Å². The van der Waals surface area contributed by atoms with E-state index in [9.17, 15) is 19.5 Å². The summed E-state index contributed by atoms with van der Waals surface area (Å²) in [4.78, 5) is 37.5. The fraction of sp³-hybridized carbons (Fsp3) is 0.464. The molecule has 0 aliphatic heterocycles. The number of ether oxygens (including phenoxy) is 1. The summed E-state index contributed by atoms with van der Waals surface area (Å²) in [6.07, 6.45) is 3.44. The third-order valence-electron chi connectivity index (χ3n) is 7.23. The maximum Gasteiger partial charge on any atom is 0.407 e. The van der Waals surface area contributed by atoms with Crippen molar-refractivity contribution >= 4 is 18.0 Å². The van der Waals surface area contributed by atoms with Gasteiger partial charge < -0.3 is 20.5 Å². The largest absolute Gasteiger partial charge is 0.480 e. The lowest BCUT2D eigenvalue weighted by molar-refractivity contribution is -0.144. The number of hydrogen-bond acceptors (Lipinski definition) is 4. The Hall–Kier alpha value is -3.35. The van der Waals surface area contributed by atoms with Crippen LogP contribution in [0.15, 0.2) is 48.5 Å². The van der Waals surface area contributed by atoms with E-state index in [1.807, 2.05) is 24.3 Å². The van der Waals surface area contributed by atoms with Gasteiger partial charge in [-0.1, -0.05) is 81.6 Å². The quantitative estimate of drug-likeness (QED) is 0.501. The first kappa shape index (κ1) is 24.8. The van der Waals surface area contributed by atoms with Crippen LogP contribution >= 0.6 is 0 Å². The van der Waals surface area contributed by atoms with E-state index in [0.717, 1.165) is 41.5 Å². The van der Waals surface area contributed by atoms with Crippen LogP contribution in [0.2, 0.25) is 0 Å². The Balaban J connectivity index is 1.42. The van der Waals surface area contributed by atoms with E-state index < -0.39 is 30.1 Å². The zero-order valence-electron chi connectivity index (χ0n) is 20.3. The summed E-state index contributed by atoms with van der Waals surface area (Å²) >= 11 is 0. The molecule has 7 nitrogen and oxygen atoms in total. The van der Waals surface area contributed by atoms with Crippen LogP contribution < -0.4 is 10.6 Å². The second-order valence-electron chi connectivity index (χ2n) is 9.89. The van der Waals surface area contributed by atoms with Gasteiger partial charge in [-0.2, -0.15) is 0 Å². The lowest BCUT2D eigenvalue weighted by atomic mass is 9.92. The monoisotopic (exact) mass is 478 g/mol. The highest BCUT2D eigenvalue weighted by atomic mass is 16.5. The number of carbonyl (C=O) groups is 3. The predicted octanol–water partition coefficient (Wildman–Crippen LogP) is 4.70. The molecule has 1 saturated carbocycles. The number of alkyl carbamates (subject to hydrolysis) is 1. The molecule has 0 saturated heterocycles. The Morgan fingerprint density at radius 2 is 1.54 bits per heavy atom. The van der Waals surface area contributed by atoms with Crippen LogP contribution in [0.4, 0.5) is 4.79 Å². The Labute approximate surface area is 206 Å². The maximum absolute atomic E-state index is 13.0. The second kappa shape index (κ2) is 10.9. The van der Waals surface area contributed by atoms with Crippen LogP contribution in [0.5, 0.6) is 0 Å². The number of benzene rings is 2. The number of rotatable bonds is 7. The summed E-state index contributed by atoms with van der Waals surface area (Å²) < 4.78 is 5.69. The Morgan fingerprint density at radius 1 is 0.943 bits per heavy atom. The average Bonchev–Trinajstić information content (AvgIpc) is 2.97. The van der Waals surface area contributed by atoms with Crippen LogP contribution in [0.3, 0.4) is 0 Å². The highest BCUT2D eigenvalue weighted by Gasteiger charge is 2.35. The molecule has 1 fully saturated rings. The van der Waals surface area contributed by atoms with Gasteiger partial charge in [0.2, 0.25) is 5.91 Å². The van der Waals surface area contributed by atoms with Crippen molar-refractivity contribution in [1.29, 1.82) is 0 Å². The number of carboxylic acid groups (broad SMARTS) is 1. The summed E-state index contributed by atoms with van der Waals surface area (Å²) in [7, 11) is 0. The zero-order chi connectivity index (χ0) is 24.9. The molecule has 2 aliphatic rings. The fourth-order valence-electron chi connectivity index (χ4n) is 5.36. The summed E-state index contributed by atoms with van der Waals surface area (Å²) in [5.41, 5.74) is 4.61. The molecule has 0 aromatic heterocycles. The normalized spacial score (nSPS) is 20.3. The summed E-state index contributed by atoms with van der Waals surface area (Å²) in [5.74, 6) is -2.14. The standard InChI is InChI=1S/C28H34N2O5/c1-17(2)25(27(32)33)30-26(31)22-14-4-3-5-15-24(22)29-28(34)35-16-23-20-12-8-6-10-18(20)19-11-7-9-13-21(19)23/h6-13,17,22-25H,3-5,14-16H2,1-2H3,(H,29,34)(H,30,31)(H,32,33)/t22-,24+,25+/m1/s1. The summed E-state index contributed by atoms with van der Waals surface area (Å²) in [5, 5.41) is 15.1. The lowest BCUT2D eigenvalue weighted by Crippen LogP contribution is -2.51.